The lowest BCUT2D eigenvalue weighted by Gasteiger charge is -2.05. The summed E-state index contributed by atoms with van der Waals surface area (Å²) in [6, 6.07) is 6.89. The number of rotatable bonds is 4. The van der Waals surface area contributed by atoms with E-state index in [1.54, 1.807) is 17.6 Å². The fraction of sp³-hybridized carbons (Fsp3) is 0.0769. The van der Waals surface area contributed by atoms with Crippen molar-refractivity contribution in [3.8, 4) is 10.6 Å². The molecular formula is C13H10N4O2S2. The maximum atomic E-state index is 11.9. The van der Waals surface area contributed by atoms with E-state index in [1.165, 1.54) is 28.7 Å². The number of thiophene rings is 1. The van der Waals surface area contributed by atoms with Crippen LogP contribution in [0.5, 0.6) is 0 Å². The van der Waals surface area contributed by atoms with Gasteiger partial charge in [0.25, 0.3) is 5.56 Å². The zero-order valence-corrected chi connectivity index (χ0v) is 12.4. The van der Waals surface area contributed by atoms with E-state index in [-0.39, 0.29) is 18.0 Å². The first-order chi connectivity index (χ1) is 10.2. The molecule has 3 rings (SSSR count). The van der Waals surface area contributed by atoms with E-state index < -0.39 is 0 Å². The molecule has 0 saturated carbocycles. The molecule has 0 aromatic carbocycles. The molecule has 0 aliphatic rings. The first kappa shape index (κ1) is 13.7. The van der Waals surface area contributed by atoms with Crippen molar-refractivity contribution in [1.82, 2.24) is 14.8 Å². The Kier molecular flexibility index (Phi) is 3.89. The highest BCUT2D eigenvalue weighted by Crippen LogP contribution is 2.21. The van der Waals surface area contributed by atoms with Crippen LogP contribution in [0.4, 0.5) is 5.13 Å². The molecule has 3 aromatic rings. The molecule has 6 nitrogen and oxygen atoms in total. The number of thiazole rings is 1. The average Bonchev–Trinajstić information content (AvgIpc) is 3.14. The Morgan fingerprint density at radius 3 is 2.86 bits per heavy atom. The Balaban J connectivity index is 1.80. The summed E-state index contributed by atoms with van der Waals surface area (Å²) in [4.78, 5) is 28.6. The van der Waals surface area contributed by atoms with Gasteiger partial charge in [0.1, 0.15) is 12.2 Å². The molecular weight excluding hydrogens is 308 g/mol. The van der Waals surface area contributed by atoms with Gasteiger partial charge < -0.3 is 5.32 Å². The Hall–Kier alpha value is -2.32. The predicted molar refractivity (Wildman–Crippen MR) is 82.6 cm³/mol. The Morgan fingerprint density at radius 1 is 1.24 bits per heavy atom. The Labute approximate surface area is 127 Å². The van der Waals surface area contributed by atoms with Gasteiger partial charge in [-0.3, -0.25) is 9.59 Å². The van der Waals surface area contributed by atoms with Gasteiger partial charge in [0.05, 0.1) is 4.88 Å². The van der Waals surface area contributed by atoms with E-state index >= 15 is 0 Å². The van der Waals surface area contributed by atoms with Crippen molar-refractivity contribution in [2.75, 3.05) is 5.32 Å². The van der Waals surface area contributed by atoms with Gasteiger partial charge in [0.15, 0.2) is 5.13 Å². The van der Waals surface area contributed by atoms with Gasteiger partial charge in [0, 0.05) is 17.6 Å². The van der Waals surface area contributed by atoms with Gasteiger partial charge in [-0.15, -0.1) is 22.7 Å². The van der Waals surface area contributed by atoms with E-state index in [4.69, 9.17) is 0 Å². The second kappa shape index (κ2) is 5.98. The van der Waals surface area contributed by atoms with E-state index in [2.05, 4.69) is 15.4 Å². The first-order valence-corrected chi connectivity index (χ1v) is 7.80. The molecule has 0 aliphatic heterocycles. The minimum atomic E-state index is -0.331. The number of nitrogens with one attached hydrogen (secondary N) is 1. The molecule has 8 heteroatoms. The van der Waals surface area contributed by atoms with Gasteiger partial charge in [0.2, 0.25) is 5.91 Å². The number of aromatic nitrogens is 3. The Morgan fingerprint density at radius 2 is 2.14 bits per heavy atom. The maximum absolute atomic E-state index is 11.9. The predicted octanol–water partition coefficient (Wildman–Crippen LogP) is 2.07. The monoisotopic (exact) mass is 318 g/mol. The maximum Gasteiger partial charge on any atom is 0.267 e. The van der Waals surface area contributed by atoms with Crippen molar-refractivity contribution < 1.29 is 4.79 Å². The molecule has 0 saturated heterocycles. The second-order valence-corrected chi connectivity index (χ2v) is 5.92. The summed E-state index contributed by atoms with van der Waals surface area (Å²) in [6.45, 7) is -0.141. The third-order valence-corrected chi connectivity index (χ3v) is 4.19. The second-order valence-electron chi connectivity index (χ2n) is 4.08. The van der Waals surface area contributed by atoms with Crippen molar-refractivity contribution in [3.63, 3.8) is 0 Å². The minimum absolute atomic E-state index is 0.141. The van der Waals surface area contributed by atoms with Crippen LogP contribution < -0.4 is 10.9 Å². The molecule has 106 valence electrons. The van der Waals surface area contributed by atoms with Crippen molar-refractivity contribution in [2.45, 2.75) is 6.54 Å². The summed E-state index contributed by atoms with van der Waals surface area (Å²) in [7, 11) is 0. The lowest BCUT2D eigenvalue weighted by molar-refractivity contribution is -0.117. The molecule has 1 N–H and O–H groups in total. The molecule has 0 fully saturated rings. The first-order valence-electron chi connectivity index (χ1n) is 6.04. The lowest BCUT2D eigenvalue weighted by Crippen LogP contribution is -2.29. The van der Waals surface area contributed by atoms with E-state index in [1.807, 2.05) is 17.5 Å². The normalized spacial score (nSPS) is 10.5. The van der Waals surface area contributed by atoms with Crippen LogP contribution in [0.1, 0.15) is 0 Å². The van der Waals surface area contributed by atoms with Crippen LogP contribution in [0.25, 0.3) is 10.6 Å². The summed E-state index contributed by atoms with van der Waals surface area (Å²) >= 11 is 2.84. The van der Waals surface area contributed by atoms with Crippen LogP contribution >= 0.6 is 22.7 Å². The third kappa shape index (κ3) is 3.23. The smallest absolute Gasteiger partial charge is 0.267 e. The van der Waals surface area contributed by atoms with E-state index in [0.717, 1.165) is 9.56 Å². The fourth-order valence-corrected chi connectivity index (χ4v) is 2.93. The van der Waals surface area contributed by atoms with Crippen LogP contribution in [0.15, 0.2) is 46.0 Å². The van der Waals surface area contributed by atoms with E-state index in [9.17, 15) is 9.59 Å². The average molecular weight is 318 g/mol. The SMILES string of the molecule is O=C(Cn1nc(-c2cccs2)ccc1=O)Nc1nccs1. The zero-order valence-electron chi connectivity index (χ0n) is 10.7. The molecule has 0 atom stereocenters. The molecule has 0 radical (unpaired) electrons. The van der Waals surface area contributed by atoms with Gasteiger partial charge >= 0.3 is 0 Å². The zero-order chi connectivity index (χ0) is 14.7. The fourth-order valence-electron chi connectivity index (χ4n) is 1.70. The highest BCUT2D eigenvalue weighted by molar-refractivity contribution is 7.14. The molecule has 0 unspecified atom stereocenters. The molecule has 1 amide bonds. The van der Waals surface area contributed by atoms with E-state index in [0.29, 0.717) is 10.8 Å². The molecule has 0 bridgehead atoms. The highest BCUT2D eigenvalue weighted by Gasteiger charge is 2.09. The number of carbonyl (C=O) groups is 1. The minimum Gasteiger partial charge on any atom is -0.300 e. The number of hydrogen-bond donors (Lipinski definition) is 1. The summed E-state index contributed by atoms with van der Waals surface area (Å²) in [5.41, 5.74) is 0.358. The van der Waals surface area contributed by atoms with Gasteiger partial charge in [-0.25, -0.2) is 9.67 Å². The topological polar surface area (TPSA) is 76.9 Å². The summed E-state index contributed by atoms with van der Waals surface area (Å²) in [5, 5.41) is 11.0. The van der Waals surface area contributed by atoms with Crippen LogP contribution in [0.2, 0.25) is 0 Å². The largest absolute Gasteiger partial charge is 0.300 e. The van der Waals surface area contributed by atoms with Crippen LogP contribution in [-0.2, 0) is 11.3 Å². The number of anilines is 1. The van der Waals surface area contributed by atoms with Gasteiger partial charge in [-0.05, 0) is 17.5 Å². The third-order valence-electron chi connectivity index (χ3n) is 2.61. The quantitative estimate of drug-likeness (QED) is 0.799. The van der Waals surface area contributed by atoms with Crippen molar-refractivity contribution in [2.24, 2.45) is 0 Å². The number of nitrogens with zero attached hydrogens (tertiary/aromatic N) is 3. The number of hydrogen-bond acceptors (Lipinski definition) is 6. The molecule has 0 spiro atoms. The molecule has 3 aromatic heterocycles. The van der Waals surface area contributed by atoms with Crippen LogP contribution in [-0.4, -0.2) is 20.7 Å². The molecule has 21 heavy (non-hydrogen) atoms. The van der Waals surface area contributed by atoms with Crippen molar-refractivity contribution in [1.29, 1.82) is 0 Å². The van der Waals surface area contributed by atoms with Crippen molar-refractivity contribution in [3.05, 3.63) is 51.6 Å². The summed E-state index contributed by atoms with van der Waals surface area (Å²) < 4.78 is 1.15. The van der Waals surface area contributed by atoms with Gasteiger partial charge in [-0.2, -0.15) is 5.10 Å². The molecule has 3 heterocycles. The standard InChI is InChI=1S/C13H10N4O2S2/c18-11(15-13-14-5-7-21-13)8-17-12(19)4-3-9(16-17)10-2-1-6-20-10/h1-7H,8H2,(H,14,15,18). The number of amides is 1. The van der Waals surface area contributed by atoms with Crippen LogP contribution in [0, 0.1) is 0 Å². The summed E-state index contributed by atoms with van der Waals surface area (Å²) in [5.74, 6) is -0.331. The van der Waals surface area contributed by atoms with Crippen LogP contribution in [0.3, 0.4) is 0 Å². The van der Waals surface area contributed by atoms with Crippen molar-refractivity contribution >= 4 is 33.7 Å². The summed E-state index contributed by atoms with van der Waals surface area (Å²) in [6.07, 6.45) is 1.60. The Bertz CT molecular complexity index is 794. The number of carbonyl (C=O) groups excluding carboxylic acids is 1. The van der Waals surface area contributed by atoms with Gasteiger partial charge in [-0.1, -0.05) is 6.07 Å². The molecule has 0 aliphatic carbocycles. The lowest BCUT2D eigenvalue weighted by atomic mass is 10.3. The highest BCUT2D eigenvalue weighted by atomic mass is 32.1.